The third-order valence-electron chi connectivity index (χ3n) is 7.29. The van der Waals surface area contributed by atoms with Crippen LogP contribution in [0.4, 0.5) is 0 Å². The Morgan fingerprint density at radius 3 is 0.532 bits per heavy atom. The van der Waals surface area contributed by atoms with Crippen molar-refractivity contribution >= 4 is 70.3 Å². The molecular weight excluding hydrogens is 892 g/mol. The summed E-state index contributed by atoms with van der Waals surface area (Å²) in [6.07, 6.45) is -14.4. The van der Waals surface area contributed by atoms with E-state index in [0.717, 1.165) is 0 Å². The molecule has 0 unspecified atom stereocenters. The molecule has 0 saturated carbocycles. The molecule has 0 aromatic heterocycles. The number of cyclic esters (lactones) is 5. The number of rotatable bonds is 10. The maximum absolute atomic E-state index is 10.6. The molecule has 5 aliphatic heterocycles. The van der Waals surface area contributed by atoms with Gasteiger partial charge >= 0.3 is 70.3 Å². The van der Waals surface area contributed by atoms with E-state index < -0.39 is 182 Å². The molecule has 5 heterocycles. The van der Waals surface area contributed by atoms with Gasteiger partial charge in [0.05, 0.1) is 33.0 Å². The van der Waals surface area contributed by atoms with Crippen molar-refractivity contribution in [2.24, 2.45) is 0 Å². The van der Waals surface area contributed by atoms with Crippen LogP contribution in [0.2, 0.25) is 0 Å². The van der Waals surface area contributed by atoms with Gasteiger partial charge in [0, 0.05) is 28.8 Å². The number of carbonyl (C=O) groups excluding carboxylic acids is 5. The summed E-state index contributed by atoms with van der Waals surface area (Å²) in [6.45, 7) is -3.50. The molecule has 5 rings (SSSR count). The van der Waals surface area contributed by atoms with E-state index in [9.17, 15) is 49.5 Å². The third kappa shape index (κ3) is 14.5. The minimum Gasteiger partial charge on any atom is -0.865 e. The molecule has 10 atom stereocenters. The topological polar surface area (TPSA) is 550 Å². The van der Waals surface area contributed by atoms with Crippen molar-refractivity contribution in [1.29, 1.82) is 0 Å². The molecule has 0 fully saturated rings. The Bertz CT molecular complexity index is 1470. The van der Waals surface area contributed by atoms with Gasteiger partial charge in [-0.1, -0.05) is 0 Å². The number of ether oxygens (including phenoxy) is 5. The summed E-state index contributed by atoms with van der Waals surface area (Å²) >= 11 is 0. The zero-order chi connectivity index (χ0) is 46.5. The van der Waals surface area contributed by atoms with E-state index in [2.05, 4.69) is 23.7 Å². The Balaban J connectivity index is 0. The van der Waals surface area contributed by atoms with Crippen LogP contribution in [-0.4, -0.2) is 241 Å². The van der Waals surface area contributed by atoms with Crippen LogP contribution in [0.1, 0.15) is 0 Å². The van der Waals surface area contributed by atoms with E-state index in [0.29, 0.717) is 0 Å². The van der Waals surface area contributed by atoms with E-state index in [4.69, 9.17) is 76.6 Å². The average Bonchev–Trinajstić information content (AvgIpc) is 3.93. The van der Waals surface area contributed by atoms with E-state index in [1.807, 2.05) is 0 Å². The van der Waals surface area contributed by atoms with Gasteiger partial charge in [-0.2, -0.15) is 0 Å². The minimum absolute atomic E-state index is 0. The molecule has 340 valence electrons. The molecule has 0 bridgehead atoms. The Morgan fingerprint density at radius 2 is 0.468 bits per heavy atom. The van der Waals surface area contributed by atoms with Crippen molar-refractivity contribution in [3.05, 3.63) is 57.6 Å². The van der Waals surface area contributed by atoms with Gasteiger partial charge in [-0.3, -0.25) is 0 Å². The molecule has 0 radical (unpaired) electrons. The first kappa shape index (κ1) is 59.0. The van der Waals surface area contributed by atoms with Crippen molar-refractivity contribution in [2.45, 2.75) is 61.0 Å². The van der Waals surface area contributed by atoms with Gasteiger partial charge in [-0.25, -0.2) is 24.0 Å². The summed E-state index contributed by atoms with van der Waals surface area (Å²) in [7, 11) is 0. The predicted octanol–water partition coefficient (Wildman–Crippen LogP) is -13.8. The molecule has 30 nitrogen and oxygen atoms in total. The minimum atomic E-state index is -1.46. The monoisotopic (exact) mass is 926 g/mol. The maximum Gasteiger partial charge on any atom is 3.00 e. The van der Waals surface area contributed by atoms with Gasteiger partial charge in [-0.15, -0.1) is 0 Å². The zero-order valence-corrected chi connectivity index (χ0v) is 33.5. The van der Waals surface area contributed by atoms with Crippen molar-refractivity contribution in [1.82, 2.24) is 0 Å². The molecule has 62 heavy (non-hydrogen) atoms. The molecule has 0 amide bonds. The summed E-state index contributed by atoms with van der Waals surface area (Å²) in [6, 6.07) is 0. The van der Waals surface area contributed by atoms with Crippen LogP contribution in [0.25, 0.3) is 0 Å². The van der Waals surface area contributed by atoms with Crippen molar-refractivity contribution in [2.75, 3.05) is 33.0 Å². The number of hydrogen-bond acceptors (Lipinski definition) is 30. The van der Waals surface area contributed by atoms with Gasteiger partial charge in [0.2, 0.25) is 0 Å². The molecule has 0 saturated heterocycles. The van der Waals surface area contributed by atoms with Gasteiger partial charge in [0.1, 0.15) is 59.3 Å². The van der Waals surface area contributed by atoms with E-state index >= 15 is 0 Å². The van der Waals surface area contributed by atoms with Crippen LogP contribution < -0.4 is 25.5 Å². The molecule has 0 aromatic carbocycles. The van der Waals surface area contributed by atoms with Gasteiger partial charge in [0.15, 0.2) is 30.5 Å². The second-order valence-corrected chi connectivity index (χ2v) is 11.5. The molecule has 0 aromatic rings. The third-order valence-corrected chi connectivity index (χ3v) is 7.29. The summed E-state index contributed by atoms with van der Waals surface area (Å²) in [5.74, 6) is -16.3. The second kappa shape index (κ2) is 26.4. The number of aliphatic hydroxyl groups is 15. The molecular formula is C30H35AlMgO30. The average molecular weight is 927 g/mol. The summed E-state index contributed by atoms with van der Waals surface area (Å²) in [4.78, 5) is 52.3. The van der Waals surface area contributed by atoms with Crippen molar-refractivity contribution < 1.29 is 150 Å². The fourth-order valence-electron chi connectivity index (χ4n) is 4.07. The fourth-order valence-corrected chi connectivity index (χ4v) is 4.07. The number of hydrogen-bond donors (Lipinski definition) is 15. The molecule has 0 aliphatic carbocycles. The number of esters is 5. The van der Waals surface area contributed by atoms with Crippen LogP contribution in [-0.2, 0) is 47.7 Å². The molecule has 15 N–H and O–H groups in total. The van der Waals surface area contributed by atoms with Crippen LogP contribution in [0.15, 0.2) is 57.6 Å². The van der Waals surface area contributed by atoms with E-state index in [-0.39, 0.29) is 40.4 Å². The fraction of sp³-hybridized carbons (Fsp3) is 0.500. The van der Waals surface area contributed by atoms with Crippen molar-refractivity contribution in [3.8, 4) is 0 Å². The van der Waals surface area contributed by atoms with Crippen LogP contribution >= 0.6 is 0 Å². The number of aliphatic hydroxyl groups excluding tert-OH is 15. The summed E-state index contributed by atoms with van der Waals surface area (Å²) in [5, 5.41) is 184. The number of carbonyl (C=O) groups is 5. The SMILES string of the molecule is O=C1O[C@H]([C@@H](O)CO)C(O)=C1[O-].O=C1O[C@H]([C@@H](O)CO)C(O)=C1[O-].O=C1O[C@H]([C@@H](O)CO)C(O)=C1[O-].O=C1O[C@H]([C@@H](O)CO)C(O)=C1[O-].O=C1O[C@H]([C@@H](O)CO)C(O)=C1[O-].[Al+3].[Mg+2]. The first-order valence-electron chi connectivity index (χ1n) is 15.9. The first-order valence-corrected chi connectivity index (χ1v) is 15.9. The van der Waals surface area contributed by atoms with E-state index in [1.54, 1.807) is 0 Å². The molecule has 32 heteroatoms. The van der Waals surface area contributed by atoms with Crippen LogP contribution in [0, 0.1) is 0 Å². The molecule has 0 spiro atoms. The Kier molecular flexibility index (Phi) is 25.2. The summed E-state index contributed by atoms with van der Waals surface area (Å²) < 4.78 is 21.3. The predicted molar refractivity (Wildman–Crippen MR) is 175 cm³/mol. The van der Waals surface area contributed by atoms with Crippen LogP contribution in [0.3, 0.4) is 0 Å². The first-order chi connectivity index (χ1) is 27.9. The Labute approximate surface area is 370 Å². The van der Waals surface area contributed by atoms with Gasteiger partial charge in [-0.05, 0) is 0 Å². The Hall–Kier alpha value is -5.05. The Morgan fingerprint density at radius 1 is 0.355 bits per heavy atom. The normalized spacial score (nSPS) is 25.0. The quantitative estimate of drug-likeness (QED) is 0.0549. The zero-order valence-electron chi connectivity index (χ0n) is 30.9. The van der Waals surface area contributed by atoms with Crippen LogP contribution in [0.5, 0.6) is 0 Å². The second-order valence-electron chi connectivity index (χ2n) is 11.5. The van der Waals surface area contributed by atoms with E-state index in [1.165, 1.54) is 0 Å². The van der Waals surface area contributed by atoms with Gasteiger partial charge < -0.3 is 126 Å². The summed E-state index contributed by atoms with van der Waals surface area (Å²) in [5.41, 5.74) is 0. The molecule has 5 aliphatic rings. The van der Waals surface area contributed by atoms with Crippen molar-refractivity contribution in [3.63, 3.8) is 0 Å². The smallest absolute Gasteiger partial charge is 0.865 e. The largest absolute Gasteiger partial charge is 3.00 e. The maximum atomic E-state index is 10.6. The van der Waals surface area contributed by atoms with Gasteiger partial charge in [0.25, 0.3) is 0 Å². The standard InChI is InChI=1S/5C6H8O6.Al.Mg/c5*7-1-2(8)5-3(9)4(10)6(11)12-5;;/h5*2,5,7-10H,1H2;;/q;;;;;+3;+2/p-5/t5*2-,5+;;/m00000../s1.